The monoisotopic (exact) mass is 1480 g/mol. The number of thiophene rings is 1. The van der Waals surface area contributed by atoms with Crippen LogP contribution < -0.4 is 0 Å². The Balaban J connectivity index is 0.000000103. The Morgan fingerprint density at radius 1 is 0.257 bits per heavy atom. The fourth-order valence-electron chi connectivity index (χ4n) is 27.2. The van der Waals surface area contributed by atoms with Crippen LogP contribution in [0.15, 0.2) is 289 Å². The summed E-state index contributed by atoms with van der Waals surface area (Å²) in [7, 11) is 0. The molecule has 0 saturated heterocycles. The van der Waals surface area contributed by atoms with Crippen molar-refractivity contribution in [3.63, 3.8) is 0 Å². The number of benzene rings is 12. The number of rotatable bonds is 12. The van der Waals surface area contributed by atoms with E-state index in [4.69, 9.17) is 8.83 Å². The summed E-state index contributed by atoms with van der Waals surface area (Å²) in [6.45, 7) is 11.9. The van der Waals surface area contributed by atoms with E-state index in [1.165, 1.54) is 231 Å². The standard InChI is InChI=1S/C44H38O.C36H32O.C30H28S/c1-2-28-3-13-37(14-4-28)43-23-29-19-30(24-43)26-44(25-29,27-43)38-15-9-32(10-16-38)35-11-17-41-39(21-35)40-22-36(12-18-42(40)45-41)34-8-6-31-5-7-33(31)20-34;1-2-24-7-12-29(13-8-24)35-19-25-17-26(20-35)22-36(21-25,23-35)30-14-9-27(10-15-30)28-11-16-34-32(18-28)31-5-3-4-6-33(31)37-34;1-2-20-7-9-23(10-8-20)29-15-21-13-22(16-29)18-30(17-21,19-29)24-11-12-28-26(14-24)25-5-3-4-6-27(25)31-28/h2-4,6,8-18,20-22,29-30H,1,5,7,19,23-27H2;2-16,18,25-26H,1,17,19-23H2;2-12,14,21-22H,1,13,15-19H2. The topological polar surface area (TPSA) is 26.3 Å². The maximum absolute atomic E-state index is 6.30. The lowest BCUT2D eigenvalue weighted by molar-refractivity contribution is -0.0282. The predicted molar refractivity (Wildman–Crippen MR) is 474 cm³/mol. The van der Waals surface area contributed by atoms with Gasteiger partial charge in [-0.3, -0.25) is 0 Å². The summed E-state index contributed by atoms with van der Waals surface area (Å²) < 4.78 is 15.2. The van der Waals surface area contributed by atoms with Gasteiger partial charge in [0.05, 0.1) is 0 Å². The Hall–Kier alpha value is -10.3. The highest BCUT2D eigenvalue weighted by atomic mass is 32.1. The number of aryl methyl sites for hydroxylation is 2. The molecule has 113 heavy (non-hydrogen) atoms. The normalized spacial score (nSPS) is 28.3. The summed E-state index contributed by atoms with van der Waals surface area (Å²) in [4.78, 5) is 0. The van der Waals surface area contributed by atoms with Gasteiger partial charge >= 0.3 is 0 Å². The number of para-hydroxylation sites is 1. The first-order valence-electron chi connectivity index (χ1n) is 42.7. The highest BCUT2D eigenvalue weighted by molar-refractivity contribution is 7.25. The molecule has 12 bridgehead atoms. The van der Waals surface area contributed by atoms with E-state index in [2.05, 4.69) is 275 Å². The quantitative estimate of drug-likeness (QED) is 0.122. The first-order valence-corrected chi connectivity index (χ1v) is 43.5. The molecule has 3 heterocycles. The van der Waals surface area contributed by atoms with Crippen molar-refractivity contribution in [2.45, 2.75) is 161 Å². The van der Waals surface area contributed by atoms with E-state index in [0.717, 1.165) is 57.8 Å². The minimum absolute atomic E-state index is 0.305. The molecular formula is C110H98O2S. The van der Waals surface area contributed by atoms with E-state index in [-0.39, 0.29) is 0 Å². The van der Waals surface area contributed by atoms with Gasteiger partial charge < -0.3 is 8.83 Å². The maximum Gasteiger partial charge on any atom is 0.135 e. The van der Waals surface area contributed by atoms with Crippen LogP contribution in [0, 0.1) is 35.5 Å². The molecule has 13 aliphatic rings. The molecule has 6 unspecified atom stereocenters. The molecule has 2 nitrogen and oxygen atoms in total. The maximum atomic E-state index is 6.30. The zero-order chi connectivity index (χ0) is 75.0. The lowest BCUT2D eigenvalue weighted by Gasteiger charge is -2.63. The zero-order valence-corrected chi connectivity index (χ0v) is 65.8. The molecule has 13 aliphatic carbocycles. The van der Waals surface area contributed by atoms with Crippen molar-refractivity contribution in [2.75, 3.05) is 0 Å². The van der Waals surface area contributed by atoms with Gasteiger partial charge in [0.25, 0.3) is 0 Å². The second-order valence-electron chi connectivity index (χ2n) is 37.8. The predicted octanol–water partition coefficient (Wildman–Crippen LogP) is 29.6. The van der Waals surface area contributed by atoms with Crippen LogP contribution in [0.4, 0.5) is 0 Å². The molecule has 28 rings (SSSR count). The molecule has 15 aromatic rings. The van der Waals surface area contributed by atoms with E-state index < -0.39 is 0 Å². The molecule has 0 radical (unpaired) electrons. The molecule has 12 fully saturated rings. The fraction of sp³-hybridized carbons (Fsp3) is 0.291. The van der Waals surface area contributed by atoms with Gasteiger partial charge in [-0.2, -0.15) is 0 Å². The van der Waals surface area contributed by atoms with Crippen LogP contribution in [0.5, 0.6) is 0 Å². The first kappa shape index (κ1) is 68.3. The van der Waals surface area contributed by atoms with Crippen LogP contribution in [0.1, 0.15) is 177 Å². The largest absolute Gasteiger partial charge is 0.456 e. The van der Waals surface area contributed by atoms with Crippen molar-refractivity contribution in [3.05, 3.63) is 342 Å². The van der Waals surface area contributed by atoms with Gasteiger partial charge in [0.2, 0.25) is 0 Å². The van der Waals surface area contributed by atoms with Crippen LogP contribution in [0.2, 0.25) is 0 Å². The Labute approximate surface area is 669 Å². The fourth-order valence-corrected chi connectivity index (χ4v) is 28.3. The molecule has 6 atom stereocenters. The Morgan fingerprint density at radius 3 is 0.965 bits per heavy atom. The second-order valence-corrected chi connectivity index (χ2v) is 38.9. The Kier molecular flexibility index (Phi) is 15.6. The molecule has 0 N–H and O–H groups in total. The van der Waals surface area contributed by atoms with Gasteiger partial charge in [-0.15, -0.1) is 11.3 Å². The van der Waals surface area contributed by atoms with Gasteiger partial charge in [-0.25, -0.2) is 0 Å². The van der Waals surface area contributed by atoms with Crippen molar-refractivity contribution >= 4 is 93.6 Å². The van der Waals surface area contributed by atoms with Crippen LogP contribution >= 0.6 is 11.3 Å². The average molecular weight is 1480 g/mol. The van der Waals surface area contributed by atoms with E-state index in [1.54, 1.807) is 33.4 Å². The number of hydrogen-bond donors (Lipinski definition) is 0. The summed E-state index contributed by atoms with van der Waals surface area (Å²) >= 11 is 1.94. The van der Waals surface area contributed by atoms with E-state index >= 15 is 0 Å². The molecule has 12 saturated carbocycles. The Bertz CT molecular complexity index is 6280. The lowest BCUT2D eigenvalue weighted by Crippen LogP contribution is -2.55. The molecule has 0 amide bonds. The summed E-state index contributed by atoms with van der Waals surface area (Å²) in [5.41, 5.74) is 29.7. The highest BCUT2D eigenvalue weighted by Gasteiger charge is 2.61. The summed E-state index contributed by atoms with van der Waals surface area (Å²) in [6.07, 6.45) is 33.0. The minimum atomic E-state index is 0.305. The SMILES string of the molecule is C=Cc1ccc(C23CC4CC(C2)CC(c2ccc(-c5ccc6oc7ccc(-c8ccc9c(c8)CC9)cc7c6c5)cc2)(C4)C3)cc1.C=Cc1ccc(C23CC4CC(C2)CC(c2ccc(-c5ccc6oc7ccccc7c6c5)cc2)(C4)C3)cc1.C=Cc1ccc(C23CC4CC(C2)CC(c2ccc5sc6ccccc6c5c2)(C4)C3)cc1. The molecule has 556 valence electrons. The lowest BCUT2D eigenvalue weighted by atomic mass is 9.41. The third-order valence-electron chi connectivity index (χ3n) is 31.2. The van der Waals surface area contributed by atoms with Crippen molar-refractivity contribution in [2.24, 2.45) is 35.5 Å². The van der Waals surface area contributed by atoms with Crippen LogP contribution in [0.25, 0.3) is 116 Å². The Morgan fingerprint density at radius 2 is 0.566 bits per heavy atom. The van der Waals surface area contributed by atoms with Gasteiger partial charge in [-0.05, 0) is 352 Å². The van der Waals surface area contributed by atoms with E-state index in [0.29, 0.717) is 32.5 Å². The summed E-state index contributed by atoms with van der Waals surface area (Å²) in [5, 5.41) is 7.69. The third-order valence-corrected chi connectivity index (χ3v) is 32.3. The molecule has 12 aromatic carbocycles. The van der Waals surface area contributed by atoms with Crippen LogP contribution in [-0.4, -0.2) is 0 Å². The van der Waals surface area contributed by atoms with Crippen molar-refractivity contribution < 1.29 is 8.83 Å². The molecule has 0 spiro atoms. The average Bonchev–Trinajstić information content (AvgIpc) is 1.69. The minimum Gasteiger partial charge on any atom is -0.456 e. The van der Waals surface area contributed by atoms with Gasteiger partial charge in [0.1, 0.15) is 22.3 Å². The third kappa shape index (κ3) is 11.2. The van der Waals surface area contributed by atoms with E-state index in [9.17, 15) is 0 Å². The number of fused-ring (bicyclic) bond motifs is 10. The van der Waals surface area contributed by atoms with Crippen molar-refractivity contribution in [1.82, 2.24) is 0 Å². The van der Waals surface area contributed by atoms with Gasteiger partial charge in [0.15, 0.2) is 0 Å². The molecular weight excluding hydrogens is 1390 g/mol. The first-order chi connectivity index (χ1) is 55.4. The molecule has 3 aromatic heterocycles. The number of furan rings is 2. The van der Waals surface area contributed by atoms with Crippen LogP contribution in [-0.2, 0) is 45.3 Å². The molecule has 3 heteroatoms. The highest BCUT2D eigenvalue weighted by Crippen LogP contribution is 2.70. The van der Waals surface area contributed by atoms with Gasteiger partial charge in [-0.1, -0.05) is 238 Å². The van der Waals surface area contributed by atoms with E-state index in [1.807, 2.05) is 35.6 Å². The van der Waals surface area contributed by atoms with Crippen molar-refractivity contribution in [3.8, 4) is 33.4 Å². The smallest absolute Gasteiger partial charge is 0.135 e. The number of hydrogen-bond acceptors (Lipinski definition) is 3. The second kappa shape index (κ2) is 25.8. The van der Waals surface area contributed by atoms with Gasteiger partial charge in [0, 0.05) is 41.7 Å². The summed E-state index contributed by atoms with van der Waals surface area (Å²) in [6, 6.07) is 99.1. The molecule has 0 aliphatic heterocycles. The summed E-state index contributed by atoms with van der Waals surface area (Å²) in [5.74, 6) is 5.18. The zero-order valence-electron chi connectivity index (χ0n) is 65.0. The van der Waals surface area contributed by atoms with Crippen molar-refractivity contribution in [1.29, 1.82) is 0 Å². The van der Waals surface area contributed by atoms with Crippen LogP contribution in [0.3, 0.4) is 0 Å².